The van der Waals surface area contributed by atoms with Crippen LogP contribution in [0.2, 0.25) is 0 Å². The van der Waals surface area contributed by atoms with Crippen LogP contribution in [0.5, 0.6) is 0 Å². The molecule has 152 valence electrons. The highest BCUT2D eigenvalue weighted by atomic mass is 16.5. The Balaban J connectivity index is 1.24. The van der Waals surface area contributed by atoms with E-state index in [0.717, 1.165) is 5.69 Å². The van der Waals surface area contributed by atoms with Crippen molar-refractivity contribution in [2.75, 3.05) is 10.6 Å². The number of anilines is 3. The van der Waals surface area contributed by atoms with Gasteiger partial charge in [-0.05, 0) is 42.5 Å². The minimum atomic E-state index is -0.387. The highest BCUT2D eigenvalue weighted by Crippen LogP contribution is 2.22. The molecule has 0 bridgehead atoms. The Labute approximate surface area is 175 Å². The fraction of sp³-hybridized carbons (Fsp3) is 0. The first-order chi connectivity index (χ1) is 15.2. The predicted molar refractivity (Wildman–Crippen MR) is 111 cm³/mol. The predicted octanol–water partition coefficient (Wildman–Crippen LogP) is 3.91. The van der Waals surface area contributed by atoms with E-state index >= 15 is 0 Å². The Bertz CT molecular complexity index is 1290. The average Bonchev–Trinajstić information content (AvgIpc) is 3.57. The Morgan fingerprint density at radius 2 is 1.84 bits per heavy atom. The lowest BCUT2D eigenvalue weighted by molar-refractivity contribution is 0.101. The third-order valence-corrected chi connectivity index (χ3v) is 4.31. The quantitative estimate of drug-likeness (QED) is 0.429. The largest absolute Gasteiger partial charge is 0.461 e. The van der Waals surface area contributed by atoms with Gasteiger partial charge in [-0.3, -0.25) is 4.79 Å². The van der Waals surface area contributed by atoms with Crippen LogP contribution in [0.4, 0.5) is 17.2 Å². The van der Waals surface area contributed by atoms with Gasteiger partial charge < -0.3 is 19.6 Å². The first-order valence-electron chi connectivity index (χ1n) is 9.26. The van der Waals surface area contributed by atoms with Crippen molar-refractivity contribution in [3.05, 3.63) is 85.3 Å². The first-order valence-corrected chi connectivity index (χ1v) is 9.26. The normalized spacial score (nSPS) is 10.7. The Kier molecular flexibility index (Phi) is 4.70. The summed E-state index contributed by atoms with van der Waals surface area (Å²) in [6.07, 6.45) is 6.46. The molecule has 4 aromatic heterocycles. The van der Waals surface area contributed by atoms with Crippen LogP contribution in [0.3, 0.4) is 0 Å². The maximum absolute atomic E-state index is 12.4. The van der Waals surface area contributed by atoms with E-state index in [4.69, 9.17) is 8.94 Å². The Morgan fingerprint density at radius 3 is 2.61 bits per heavy atom. The van der Waals surface area contributed by atoms with Gasteiger partial charge in [-0.2, -0.15) is 5.10 Å². The van der Waals surface area contributed by atoms with Crippen molar-refractivity contribution >= 4 is 23.1 Å². The molecule has 4 heterocycles. The number of carbonyl (C=O) groups excluding carboxylic acids is 1. The number of furan rings is 1. The number of nitrogens with zero attached hydrogens (tertiary/aromatic N) is 5. The van der Waals surface area contributed by atoms with Crippen LogP contribution < -0.4 is 10.6 Å². The molecule has 5 aromatic rings. The highest BCUT2D eigenvalue weighted by Gasteiger charge is 2.15. The fourth-order valence-electron chi connectivity index (χ4n) is 2.84. The number of amides is 1. The standard InChI is InChI=1S/C21H15N7O3/c29-21(16-11-18(31-27-16)17-3-1-10-30-17)26-15-6-4-14(5-7-15)25-19-12-20(23-13-22-19)28-9-2-8-24-28/h1-13H,(H,26,29)(H,22,23,25). The zero-order chi connectivity index (χ0) is 21.0. The lowest BCUT2D eigenvalue weighted by atomic mass is 10.2. The van der Waals surface area contributed by atoms with E-state index in [1.165, 1.54) is 18.7 Å². The number of hydrogen-bond donors (Lipinski definition) is 2. The molecule has 0 spiro atoms. The molecule has 0 aliphatic rings. The molecule has 0 aliphatic heterocycles. The summed E-state index contributed by atoms with van der Waals surface area (Å²) >= 11 is 0. The summed E-state index contributed by atoms with van der Waals surface area (Å²) in [4.78, 5) is 20.8. The zero-order valence-corrected chi connectivity index (χ0v) is 16.0. The van der Waals surface area contributed by atoms with E-state index in [0.29, 0.717) is 28.8 Å². The van der Waals surface area contributed by atoms with Gasteiger partial charge in [-0.1, -0.05) is 5.16 Å². The van der Waals surface area contributed by atoms with Gasteiger partial charge in [0.15, 0.2) is 17.3 Å². The van der Waals surface area contributed by atoms with Crippen molar-refractivity contribution in [3.8, 4) is 17.3 Å². The molecule has 5 rings (SSSR count). The summed E-state index contributed by atoms with van der Waals surface area (Å²) in [5, 5.41) is 13.9. The molecule has 0 radical (unpaired) electrons. The lowest BCUT2D eigenvalue weighted by Crippen LogP contribution is -2.12. The van der Waals surface area contributed by atoms with E-state index in [1.807, 2.05) is 18.2 Å². The summed E-state index contributed by atoms with van der Waals surface area (Å²) in [5.41, 5.74) is 1.56. The maximum Gasteiger partial charge on any atom is 0.277 e. The first kappa shape index (κ1) is 18.3. The van der Waals surface area contributed by atoms with Gasteiger partial charge in [0.25, 0.3) is 5.91 Å². The van der Waals surface area contributed by atoms with Crippen LogP contribution in [0, 0.1) is 0 Å². The SMILES string of the molecule is O=C(Nc1ccc(Nc2cc(-n3cccn3)ncn2)cc1)c1cc(-c2ccco2)on1. The molecule has 10 heteroatoms. The summed E-state index contributed by atoms with van der Waals surface area (Å²) in [6.45, 7) is 0. The van der Waals surface area contributed by atoms with Crippen molar-refractivity contribution in [2.45, 2.75) is 0 Å². The van der Waals surface area contributed by atoms with Gasteiger partial charge in [0.2, 0.25) is 5.76 Å². The van der Waals surface area contributed by atoms with Gasteiger partial charge in [0.05, 0.1) is 6.26 Å². The summed E-state index contributed by atoms with van der Waals surface area (Å²) < 4.78 is 12.0. The molecule has 0 saturated heterocycles. The third-order valence-electron chi connectivity index (χ3n) is 4.31. The van der Waals surface area contributed by atoms with Crippen LogP contribution in [-0.4, -0.2) is 30.8 Å². The second kappa shape index (κ2) is 7.95. The molecule has 10 nitrogen and oxygen atoms in total. The van der Waals surface area contributed by atoms with E-state index in [9.17, 15) is 4.79 Å². The minimum absolute atomic E-state index is 0.153. The number of benzene rings is 1. The Hall–Kier alpha value is -4.73. The molecule has 0 unspecified atom stereocenters. The molecule has 1 aromatic carbocycles. The van der Waals surface area contributed by atoms with E-state index < -0.39 is 0 Å². The third kappa shape index (κ3) is 4.03. The topological polar surface area (TPSA) is 124 Å². The van der Waals surface area contributed by atoms with E-state index in [2.05, 4.69) is 30.9 Å². The molecule has 0 fully saturated rings. The van der Waals surface area contributed by atoms with Gasteiger partial charge in [-0.15, -0.1) is 0 Å². The molecule has 0 atom stereocenters. The van der Waals surface area contributed by atoms with Crippen molar-refractivity contribution < 1.29 is 13.7 Å². The van der Waals surface area contributed by atoms with Crippen molar-refractivity contribution in [2.24, 2.45) is 0 Å². The van der Waals surface area contributed by atoms with E-state index in [-0.39, 0.29) is 11.6 Å². The van der Waals surface area contributed by atoms with Crippen LogP contribution >= 0.6 is 0 Å². The van der Waals surface area contributed by atoms with Crippen molar-refractivity contribution in [1.29, 1.82) is 0 Å². The number of hydrogen-bond acceptors (Lipinski definition) is 8. The number of rotatable bonds is 6. The molecular weight excluding hydrogens is 398 g/mol. The van der Waals surface area contributed by atoms with Crippen molar-refractivity contribution in [3.63, 3.8) is 0 Å². The van der Waals surface area contributed by atoms with Crippen LogP contribution in [-0.2, 0) is 0 Å². The smallest absolute Gasteiger partial charge is 0.277 e. The fourth-order valence-corrected chi connectivity index (χ4v) is 2.84. The van der Waals surface area contributed by atoms with Crippen LogP contribution in [0.25, 0.3) is 17.3 Å². The van der Waals surface area contributed by atoms with Gasteiger partial charge in [0.1, 0.15) is 12.1 Å². The number of aromatic nitrogens is 5. The summed E-state index contributed by atoms with van der Waals surface area (Å²) in [6, 6.07) is 15.8. The van der Waals surface area contributed by atoms with Crippen LogP contribution in [0.15, 0.2) is 88.5 Å². The highest BCUT2D eigenvalue weighted by molar-refractivity contribution is 6.03. The number of carbonyl (C=O) groups is 1. The number of nitrogens with one attached hydrogen (secondary N) is 2. The second-order valence-corrected chi connectivity index (χ2v) is 6.42. The van der Waals surface area contributed by atoms with Crippen LogP contribution in [0.1, 0.15) is 10.5 Å². The minimum Gasteiger partial charge on any atom is -0.461 e. The van der Waals surface area contributed by atoms with Crippen molar-refractivity contribution in [1.82, 2.24) is 24.9 Å². The molecular formula is C21H15N7O3. The zero-order valence-electron chi connectivity index (χ0n) is 16.0. The average molecular weight is 413 g/mol. The van der Waals surface area contributed by atoms with Gasteiger partial charge >= 0.3 is 0 Å². The second-order valence-electron chi connectivity index (χ2n) is 6.42. The summed E-state index contributed by atoms with van der Waals surface area (Å²) in [7, 11) is 0. The molecule has 2 N–H and O–H groups in total. The molecule has 31 heavy (non-hydrogen) atoms. The monoisotopic (exact) mass is 413 g/mol. The molecule has 0 saturated carbocycles. The van der Waals surface area contributed by atoms with E-state index in [1.54, 1.807) is 47.4 Å². The summed E-state index contributed by atoms with van der Waals surface area (Å²) in [5.74, 6) is 1.76. The van der Waals surface area contributed by atoms with Gasteiger partial charge in [0, 0.05) is 35.9 Å². The molecule has 0 aliphatic carbocycles. The Morgan fingerprint density at radius 1 is 0.968 bits per heavy atom. The maximum atomic E-state index is 12.4. The molecule has 1 amide bonds. The van der Waals surface area contributed by atoms with Gasteiger partial charge in [-0.25, -0.2) is 14.6 Å². The lowest BCUT2D eigenvalue weighted by Gasteiger charge is -2.08.